The lowest BCUT2D eigenvalue weighted by atomic mass is 10.1. The molecule has 4 aromatic rings. The van der Waals surface area contributed by atoms with Crippen LogP contribution in [0.3, 0.4) is 0 Å². The molecule has 0 unspecified atom stereocenters. The van der Waals surface area contributed by atoms with Crippen molar-refractivity contribution in [2.45, 2.75) is 32.7 Å². The van der Waals surface area contributed by atoms with Crippen molar-refractivity contribution in [3.05, 3.63) is 54.0 Å². The molecule has 0 aliphatic carbocycles. The van der Waals surface area contributed by atoms with Gasteiger partial charge in [-0.25, -0.2) is 0 Å². The number of hydrogen-bond donors (Lipinski definition) is 2. The van der Waals surface area contributed by atoms with Crippen LogP contribution in [-0.4, -0.2) is 73.8 Å². The van der Waals surface area contributed by atoms with E-state index in [1.165, 1.54) is 0 Å². The lowest BCUT2D eigenvalue weighted by molar-refractivity contribution is -0.129. The first-order valence-corrected chi connectivity index (χ1v) is 12.9. The summed E-state index contributed by atoms with van der Waals surface area (Å²) in [6.07, 6.45) is 3.63. The number of aromatic nitrogens is 6. The lowest BCUT2D eigenvalue weighted by Gasteiger charge is -2.35. The van der Waals surface area contributed by atoms with Gasteiger partial charge in [-0.3, -0.25) is 14.9 Å². The van der Waals surface area contributed by atoms with Crippen molar-refractivity contribution >= 4 is 29.3 Å². The van der Waals surface area contributed by atoms with E-state index < -0.39 is 0 Å². The summed E-state index contributed by atoms with van der Waals surface area (Å²) in [6, 6.07) is 11.5. The highest BCUT2D eigenvalue weighted by Gasteiger charge is 2.33. The molecule has 6 heterocycles. The van der Waals surface area contributed by atoms with Crippen LogP contribution < -0.4 is 15.1 Å². The second-order valence-corrected chi connectivity index (χ2v) is 9.65. The molecule has 4 aromatic heterocycles. The highest BCUT2D eigenvalue weighted by atomic mass is 16.5. The van der Waals surface area contributed by atoms with Crippen molar-refractivity contribution in [3.8, 4) is 11.4 Å². The fourth-order valence-corrected chi connectivity index (χ4v) is 5.02. The van der Waals surface area contributed by atoms with E-state index in [1.807, 2.05) is 48.2 Å². The predicted octanol–water partition coefficient (Wildman–Crippen LogP) is 3.31. The third-order valence-corrected chi connectivity index (χ3v) is 7.01. The highest BCUT2D eigenvalue weighted by Crippen LogP contribution is 2.37. The van der Waals surface area contributed by atoms with E-state index in [0.29, 0.717) is 49.5 Å². The van der Waals surface area contributed by atoms with Gasteiger partial charge in [0.25, 0.3) is 0 Å². The third kappa shape index (κ3) is 4.89. The van der Waals surface area contributed by atoms with Crippen LogP contribution in [0.5, 0.6) is 0 Å². The number of nitrogens with one attached hydrogen (secondary N) is 2. The van der Waals surface area contributed by atoms with Gasteiger partial charge in [0.1, 0.15) is 17.3 Å². The van der Waals surface area contributed by atoms with Gasteiger partial charge in [0.2, 0.25) is 11.9 Å². The number of aromatic amines is 1. The zero-order valence-electron chi connectivity index (χ0n) is 21.5. The molecular formula is C26H30N10O2. The Morgan fingerprint density at radius 3 is 2.66 bits per heavy atom. The number of piperazine rings is 1. The van der Waals surface area contributed by atoms with Crippen LogP contribution in [0.15, 0.2) is 47.1 Å². The molecule has 12 nitrogen and oxygen atoms in total. The Bertz CT molecular complexity index is 1410. The largest absolute Gasteiger partial charge is 0.358 e. The molecule has 12 heteroatoms. The monoisotopic (exact) mass is 514 g/mol. The number of pyridine rings is 1. The van der Waals surface area contributed by atoms with Gasteiger partial charge in [-0.2, -0.15) is 15.1 Å². The minimum absolute atomic E-state index is 0.0368. The number of anilines is 4. The van der Waals surface area contributed by atoms with Gasteiger partial charge >= 0.3 is 0 Å². The van der Waals surface area contributed by atoms with Crippen LogP contribution >= 0.6 is 0 Å². The lowest BCUT2D eigenvalue weighted by Crippen LogP contribution is -2.48. The number of nitrogens with zero attached hydrogens (tertiary/aromatic N) is 8. The molecule has 0 aromatic carbocycles. The summed E-state index contributed by atoms with van der Waals surface area (Å²) in [7, 11) is 0. The average molecular weight is 515 g/mol. The first kappa shape index (κ1) is 23.9. The molecule has 2 aliphatic rings. The molecule has 2 aliphatic heterocycles. The van der Waals surface area contributed by atoms with Gasteiger partial charge in [0.15, 0.2) is 11.6 Å². The summed E-state index contributed by atoms with van der Waals surface area (Å²) >= 11 is 0. The van der Waals surface area contributed by atoms with E-state index in [-0.39, 0.29) is 11.9 Å². The third-order valence-electron chi connectivity index (χ3n) is 7.01. The van der Waals surface area contributed by atoms with Crippen LogP contribution in [0.2, 0.25) is 0 Å². The zero-order valence-corrected chi connectivity index (χ0v) is 21.5. The number of carbonyl (C=O) groups is 1. The van der Waals surface area contributed by atoms with E-state index in [1.54, 1.807) is 13.1 Å². The summed E-state index contributed by atoms with van der Waals surface area (Å²) in [5.41, 5.74) is 2.44. The van der Waals surface area contributed by atoms with E-state index in [2.05, 4.69) is 35.5 Å². The molecular weight excluding hydrogens is 484 g/mol. The van der Waals surface area contributed by atoms with E-state index >= 15 is 0 Å². The molecule has 1 amide bonds. The van der Waals surface area contributed by atoms with Crippen molar-refractivity contribution in [1.82, 2.24) is 35.2 Å². The SMILES string of the molecule is CC(=O)N1CCN(c2cc(Nc3cc(C)[nH]n3)nc(N3CCC[C@H]3c3cc(-c4ccccn4)no3)n2)CC1. The fraction of sp³-hybridized carbons (Fsp3) is 0.385. The number of amides is 1. The Hall–Kier alpha value is -4.48. The summed E-state index contributed by atoms with van der Waals surface area (Å²) in [5, 5.41) is 14.9. The van der Waals surface area contributed by atoms with E-state index in [4.69, 9.17) is 14.5 Å². The van der Waals surface area contributed by atoms with Gasteiger partial charge in [0, 0.05) is 69.7 Å². The topological polar surface area (TPSA) is 132 Å². The van der Waals surface area contributed by atoms with Crippen LogP contribution in [0, 0.1) is 6.92 Å². The standard InChI is InChI=1S/C26H30N10O2/c1-17-14-24(32-31-17)28-23-16-25(35-12-10-34(11-13-35)18(2)37)30-26(29-23)36-9-5-7-21(36)22-15-20(33-38-22)19-6-3-4-8-27-19/h3-4,6,8,14-16,21H,5,7,9-13H2,1-2H3,(H2,28,29,30,31,32)/t21-/m0/s1. The first-order valence-electron chi connectivity index (χ1n) is 12.9. The first-order chi connectivity index (χ1) is 18.5. The molecule has 196 valence electrons. The van der Waals surface area contributed by atoms with E-state index in [0.717, 1.165) is 42.4 Å². The van der Waals surface area contributed by atoms with Gasteiger partial charge in [-0.1, -0.05) is 11.2 Å². The van der Waals surface area contributed by atoms with Crippen LogP contribution in [0.1, 0.15) is 37.3 Å². The van der Waals surface area contributed by atoms with Gasteiger partial charge < -0.3 is 24.5 Å². The van der Waals surface area contributed by atoms with Crippen molar-refractivity contribution < 1.29 is 9.32 Å². The Morgan fingerprint density at radius 2 is 1.92 bits per heavy atom. The van der Waals surface area contributed by atoms with Crippen LogP contribution in [-0.2, 0) is 4.79 Å². The predicted molar refractivity (Wildman–Crippen MR) is 142 cm³/mol. The molecule has 0 saturated carbocycles. The molecule has 38 heavy (non-hydrogen) atoms. The molecule has 2 saturated heterocycles. The summed E-state index contributed by atoms with van der Waals surface area (Å²) < 4.78 is 5.80. The van der Waals surface area contributed by atoms with Crippen molar-refractivity contribution in [3.63, 3.8) is 0 Å². The summed E-state index contributed by atoms with van der Waals surface area (Å²) in [5.74, 6) is 3.64. The number of rotatable bonds is 6. The minimum Gasteiger partial charge on any atom is -0.358 e. The Morgan fingerprint density at radius 1 is 1.05 bits per heavy atom. The molecule has 0 spiro atoms. The molecule has 0 bridgehead atoms. The van der Waals surface area contributed by atoms with Crippen LogP contribution in [0.4, 0.5) is 23.4 Å². The maximum absolute atomic E-state index is 11.8. The molecule has 6 rings (SSSR count). The number of hydrogen-bond acceptors (Lipinski definition) is 10. The van der Waals surface area contributed by atoms with Crippen LogP contribution in [0.25, 0.3) is 11.4 Å². The second kappa shape index (κ2) is 10.1. The van der Waals surface area contributed by atoms with Gasteiger partial charge in [-0.05, 0) is 31.9 Å². The average Bonchev–Trinajstić information content (AvgIpc) is 3.70. The van der Waals surface area contributed by atoms with Crippen molar-refractivity contribution in [1.29, 1.82) is 0 Å². The normalized spacial score (nSPS) is 17.7. The maximum atomic E-state index is 11.8. The van der Waals surface area contributed by atoms with Crippen molar-refractivity contribution in [2.75, 3.05) is 47.8 Å². The molecule has 0 radical (unpaired) electrons. The Balaban J connectivity index is 1.31. The molecule has 1 atom stereocenters. The van der Waals surface area contributed by atoms with Crippen molar-refractivity contribution in [2.24, 2.45) is 0 Å². The van der Waals surface area contributed by atoms with Gasteiger partial charge in [0.05, 0.1) is 11.7 Å². The zero-order chi connectivity index (χ0) is 26.1. The van der Waals surface area contributed by atoms with E-state index in [9.17, 15) is 4.79 Å². The molecule has 2 fully saturated rings. The Labute approximate surface area is 220 Å². The highest BCUT2D eigenvalue weighted by molar-refractivity contribution is 5.73. The smallest absolute Gasteiger partial charge is 0.229 e. The Kier molecular flexibility index (Phi) is 6.36. The summed E-state index contributed by atoms with van der Waals surface area (Å²) in [6.45, 7) is 7.10. The van der Waals surface area contributed by atoms with Gasteiger partial charge in [-0.15, -0.1) is 0 Å². The quantitative estimate of drug-likeness (QED) is 0.395. The second-order valence-electron chi connectivity index (χ2n) is 9.65. The summed E-state index contributed by atoms with van der Waals surface area (Å²) in [4.78, 5) is 32.3. The number of carbonyl (C=O) groups excluding carboxylic acids is 1. The molecule has 2 N–H and O–H groups in total. The number of aryl methyl sites for hydroxylation is 1. The fourth-order valence-electron chi connectivity index (χ4n) is 5.02. The minimum atomic E-state index is -0.0368. The maximum Gasteiger partial charge on any atom is 0.229 e. The number of H-pyrrole nitrogens is 1.